The Bertz CT molecular complexity index is 854. The predicted octanol–water partition coefficient (Wildman–Crippen LogP) is 3.59. The summed E-state index contributed by atoms with van der Waals surface area (Å²) in [5, 5.41) is 2.83. The molecule has 168 valence electrons. The average molecular weight is 466 g/mol. The normalized spacial score (nSPS) is 14.4. The van der Waals surface area contributed by atoms with E-state index in [0.717, 1.165) is 32.7 Å². The third-order valence-corrected chi connectivity index (χ3v) is 4.91. The maximum atomic E-state index is 12.4. The van der Waals surface area contributed by atoms with Gasteiger partial charge < -0.3 is 10.1 Å². The number of anilines is 1. The number of halogens is 2. The van der Waals surface area contributed by atoms with Gasteiger partial charge in [-0.15, -0.1) is 24.8 Å². The Balaban J connectivity index is 0.00000240. The summed E-state index contributed by atoms with van der Waals surface area (Å²) in [6, 6.07) is 17.1. The maximum Gasteiger partial charge on any atom is 0.339 e. The van der Waals surface area contributed by atoms with E-state index >= 15 is 0 Å². The third kappa shape index (κ3) is 8.34. The molecule has 0 aliphatic carbocycles. The van der Waals surface area contributed by atoms with Gasteiger partial charge in [0.2, 0.25) is 5.91 Å². The predicted molar refractivity (Wildman–Crippen MR) is 129 cm³/mol. The van der Waals surface area contributed by atoms with E-state index in [0.29, 0.717) is 17.8 Å². The molecule has 0 unspecified atom stereocenters. The molecule has 8 heteroatoms. The molecule has 3 rings (SSSR count). The van der Waals surface area contributed by atoms with Crippen LogP contribution in [0.3, 0.4) is 0 Å². The molecule has 0 spiro atoms. The van der Waals surface area contributed by atoms with E-state index in [1.54, 1.807) is 24.3 Å². The van der Waals surface area contributed by atoms with Gasteiger partial charge in [-0.3, -0.25) is 14.6 Å². The maximum absolute atomic E-state index is 12.4. The highest BCUT2D eigenvalue weighted by Crippen LogP contribution is 2.16. The van der Waals surface area contributed by atoms with E-state index in [1.807, 2.05) is 18.2 Å². The fourth-order valence-electron chi connectivity index (χ4n) is 3.30. The Morgan fingerprint density at radius 1 is 0.935 bits per heavy atom. The summed E-state index contributed by atoms with van der Waals surface area (Å²) in [6.07, 6.45) is 4.32. The molecule has 1 aliphatic heterocycles. The number of benzene rings is 2. The van der Waals surface area contributed by atoms with Crippen molar-refractivity contribution in [2.24, 2.45) is 0 Å². The van der Waals surface area contributed by atoms with Gasteiger partial charge in [0.1, 0.15) is 0 Å². The Morgan fingerprint density at radius 2 is 1.55 bits per heavy atom. The van der Waals surface area contributed by atoms with Crippen molar-refractivity contribution in [2.75, 3.05) is 51.7 Å². The minimum atomic E-state index is -0.460. The van der Waals surface area contributed by atoms with Crippen molar-refractivity contribution < 1.29 is 14.3 Å². The van der Waals surface area contributed by atoms with Crippen LogP contribution in [0, 0.1) is 0 Å². The molecule has 0 bridgehead atoms. The summed E-state index contributed by atoms with van der Waals surface area (Å²) in [6.45, 7) is 4.73. The molecular formula is C23H29Cl2N3O3. The highest BCUT2D eigenvalue weighted by atomic mass is 35.5. The Kier molecular flexibility index (Phi) is 11.9. The number of nitrogens with zero attached hydrogens (tertiary/aromatic N) is 2. The number of piperazine rings is 1. The summed E-state index contributed by atoms with van der Waals surface area (Å²) in [5.41, 5.74) is 2.04. The molecule has 1 saturated heterocycles. The van der Waals surface area contributed by atoms with Crippen molar-refractivity contribution in [2.45, 2.75) is 0 Å². The van der Waals surface area contributed by atoms with Crippen LogP contribution in [-0.4, -0.2) is 68.1 Å². The van der Waals surface area contributed by atoms with E-state index in [2.05, 4.69) is 39.4 Å². The molecule has 1 amide bonds. The van der Waals surface area contributed by atoms with Crippen LogP contribution in [0.15, 0.2) is 60.7 Å². The second kappa shape index (κ2) is 13.8. The van der Waals surface area contributed by atoms with Crippen molar-refractivity contribution in [3.8, 4) is 0 Å². The minimum absolute atomic E-state index is 0. The number of hydrogen-bond donors (Lipinski definition) is 1. The zero-order valence-electron chi connectivity index (χ0n) is 17.5. The highest BCUT2D eigenvalue weighted by molar-refractivity contribution is 6.01. The van der Waals surface area contributed by atoms with Crippen LogP contribution in [0.25, 0.3) is 6.08 Å². The monoisotopic (exact) mass is 465 g/mol. The van der Waals surface area contributed by atoms with Crippen LogP contribution in [0.4, 0.5) is 5.69 Å². The molecule has 2 aromatic rings. The first kappa shape index (κ1) is 26.7. The van der Waals surface area contributed by atoms with Crippen molar-refractivity contribution in [3.05, 3.63) is 71.8 Å². The first-order chi connectivity index (χ1) is 14.2. The summed E-state index contributed by atoms with van der Waals surface area (Å²) in [7, 11) is 1.33. The Labute approximate surface area is 196 Å². The second-order valence-corrected chi connectivity index (χ2v) is 6.98. The number of hydrogen-bond acceptors (Lipinski definition) is 5. The van der Waals surface area contributed by atoms with Gasteiger partial charge in [0, 0.05) is 32.7 Å². The van der Waals surface area contributed by atoms with Crippen molar-refractivity contribution in [1.82, 2.24) is 9.80 Å². The fourth-order valence-corrected chi connectivity index (χ4v) is 3.30. The lowest BCUT2D eigenvalue weighted by Gasteiger charge is -2.33. The molecule has 1 aliphatic rings. The van der Waals surface area contributed by atoms with E-state index in [9.17, 15) is 9.59 Å². The molecule has 2 aromatic carbocycles. The molecule has 0 saturated carbocycles. The molecule has 0 radical (unpaired) electrons. The van der Waals surface area contributed by atoms with Gasteiger partial charge in [-0.25, -0.2) is 4.79 Å². The molecule has 6 nitrogen and oxygen atoms in total. The van der Waals surface area contributed by atoms with E-state index in [4.69, 9.17) is 4.74 Å². The standard InChI is InChI=1S/C23H27N3O3.2ClH/c1-29-23(28)20-11-5-6-12-21(20)24-22(27)18-26-16-14-25(15-17-26)13-7-10-19-8-3-2-4-9-19;;/h2-12H,13-18H2,1H3,(H,24,27);2*1H/b10-7+;;. The van der Waals surface area contributed by atoms with E-state index in [-0.39, 0.29) is 30.7 Å². The minimum Gasteiger partial charge on any atom is -0.465 e. The summed E-state index contributed by atoms with van der Waals surface area (Å²) >= 11 is 0. The largest absolute Gasteiger partial charge is 0.465 e. The first-order valence-corrected chi connectivity index (χ1v) is 9.79. The van der Waals surface area contributed by atoms with Gasteiger partial charge in [-0.05, 0) is 17.7 Å². The molecule has 0 atom stereocenters. The number of amides is 1. The van der Waals surface area contributed by atoms with E-state index in [1.165, 1.54) is 12.7 Å². The van der Waals surface area contributed by atoms with Crippen LogP contribution < -0.4 is 5.32 Å². The zero-order valence-corrected chi connectivity index (χ0v) is 19.2. The fraction of sp³-hybridized carbons (Fsp3) is 0.304. The number of carbonyl (C=O) groups excluding carboxylic acids is 2. The van der Waals surface area contributed by atoms with Crippen LogP contribution in [0.5, 0.6) is 0 Å². The molecule has 1 fully saturated rings. The number of methoxy groups -OCH3 is 1. The van der Waals surface area contributed by atoms with Gasteiger partial charge in [0.25, 0.3) is 0 Å². The van der Waals surface area contributed by atoms with Crippen LogP contribution in [-0.2, 0) is 9.53 Å². The first-order valence-electron chi connectivity index (χ1n) is 9.79. The topological polar surface area (TPSA) is 61.9 Å². The van der Waals surface area contributed by atoms with Crippen molar-refractivity contribution >= 4 is 48.5 Å². The molecule has 1 N–H and O–H groups in total. The SMILES string of the molecule is COC(=O)c1ccccc1NC(=O)CN1CCN(C/C=C/c2ccccc2)CC1.Cl.Cl. The lowest BCUT2D eigenvalue weighted by molar-refractivity contribution is -0.117. The van der Waals surface area contributed by atoms with Gasteiger partial charge in [-0.2, -0.15) is 0 Å². The lowest BCUT2D eigenvalue weighted by atomic mass is 10.2. The number of para-hydroxylation sites is 1. The Hall–Kier alpha value is -2.38. The molecule has 0 aromatic heterocycles. The van der Waals surface area contributed by atoms with E-state index < -0.39 is 5.97 Å². The summed E-state index contributed by atoms with van der Waals surface area (Å²) in [5.74, 6) is -0.586. The number of nitrogens with one attached hydrogen (secondary N) is 1. The van der Waals surface area contributed by atoms with Crippen molar-refractivity contribution in [3.63, 3.8) is 0 Å². The molecule has 31 heavy (non-hydrogen) atoms. The smallest absolute Gasteiger partial charge is 0.339 e. The average Bonchev–Trinajstić information content (AvgIpc) is 2.75. The highest BCUT2D eigenvalue weighted by Gasteiger charge is 2.19. The lowest BCUT2D eigenvalue weighted by Crippen LogP contribution is -2.48. The number of rotatable bonds is 7. The van der Waals surface area contributed by atoms with Crippen molar-refractivity contribution in [1.29, 1.82) is 0 Å². The van der Waals surface area contributed by atoms with Crippen LogP contribution in [0.2, 0.25) is 0 Å². The Morgan fingerprint density at radius 3 is 2.23 bits per heavy atom. The number of carbonyl (C=O) groups is 2. The number of esters is 1. The number of ether oxygens (including phenoxy) is 1. The van der Waals surface area contributed by atoms with Gasteiger partial charge in [0.05, 0.1) is 24.9 Å². The molecule has 1 heterocycles. The summed E-state index contributed by atoms with van der Waals surface area (Å²) in [4.78, 5) is 28.8. The second-order valence-electron chi connectivity index (χ2n) is 6.98. The van der Waals surface area contributed by atoms with Gasteiger partial charge in [0.15, 0.2) is 0 Å². The third-order valence-electron chi connectivity index (χ3n) is 4.91. The molecular weight excluding hydrogens is 437 g/mol. The van der Waals surface area contributed by atoms with Gasteiger partial charge >= 0.3 is 5.97 Å². The van der Waals surface area contributed by atoms with Crippen LogP contribution in [0.1, 0.15) is 15.9 Å². The summed E-state index contributed by atoms with van der Waals surface area (Å²) < 4.78 is 4.77. The van der Waals surface area contributed by atoms with Gasteiger partial charge in [-0.1, -0.05) is 54.6 Å². The quantitative estimate of drug-likeness (QED) is 0.633. The zero-order chi connectivity index (χ0) is 20.5. The van der Waals surface area contributed by atoms with Crippen LogP contribution >= 0.6 is 24.8 Å².